The SMILES string of the molecule is Cc1c(C)c(=O)n(C)[nH]c1=O. The van der Waals surface area contributed by atoms with Crippen molar-refractivity contribution in [3.05, 3.63) is 31.8 Å². The quantitative estimate of drug-likeness (QED) is 0.557. The molecule has 0 radical (unpaired) electrons. The first kappa shape index (κ1) is 7.78. The molecule has 1 aromatic rings. The van der Waals surface area contributed by atoms with Crippen molar-refractivity contribution in [2.75, 3.05) is 0 Å². The van der Waals surface area contributed by atoms with Crippen LogP contribution in [-0.2, 0) is 7.05 Å². The predicted molar refractivity (Wildman–Crippen MR) is 41.8 cm³/mol. The van der Waals surface area contributed by atoms with Gasteiger partial charge in [-0.3, -0.25) is 19.4 Å². The summed E-state index contributed by atoms with van der Waals surface area (Å²) in [5, 5.41) is 2.40. The lowest BCUT2D eigenvalue weighted by Crippen LogP contribution is -2.31. The minimum absolute atomic E-state index is 0.151. The third kappa shape index (κ3) is 1.11. The highest BCUT2D eigenvalue weighted by atomic mass is 16.2. The summed E-state index contributed by atoms with van der Waals surface area (Å²) in [4.78, 5) is 22.1. The minimum Gasteiger partial charge on any atom is -0.268 e. The summed E-state index contributed by atoms with van der Waals surface area (Å²) in [5.41, 5.74) is 0.649. The molecule has 0 spiro atoms. The number of hydrogen-bond donors (Lipinski definition) is 1. The molecule has 0 aliphatic carbocycles. The Balaban J connectivity index is 3.73. The smallest absolute Gasteiger partial charge is 0.268 e. The molecule has 1 N–H and O–H groups in total. The second kappa shape index (κ2) is 2.38. The number of hydrogen-bond acceptors (Lipinski definition) is 2. The van der Waals surface area contributed by atoms with Crippen molar-refractivity contribution in [3.63, 3.8) is 0 Å². The molecule has 0 aliphatic heterocycles. The summed E-state index contributed by atoms with van der Waals surface area (Å²) in [6, 6.07) is 0. The van der Waals surface area contributed by atoms with Crippen molar-refractivity contribution < 1.29 is 0 Å². The van der Waals surface area contributed by atoms with Crippen LogP contribution in [0.5, 0.6) is 0 Å². The molecule has 0 saturated heterocycles. The van der Waals surface area contributed by atoms with Crippen molar-refractivity contribution in [1.82, 2.24) is 9.78 Å². The molecular weight excluding hydrogens is 144 g/mol. The Morgan fingerprint density at radius 1 is 1.18 bits per heavy atom. The van der Waals surface area contributed by atoms with E-state index in [1.54, 1.807) is 13.8 Å². The van der Waals surface area contributed by atoms with Gasteiger partial charge in [-0.15, -0.1) is 0 Å². The van der Waals surface area contributed by atoms with E-state index in [2.05, 4.69) is 5.10 Å². The van der Waals surface area contributed by atoms with Gasteiger partial charge in [0.2, 0.25) is 0 Å². The van der Waals surface area contributed by atoms with E-state index in [1.807, 2.05) is 0 Å². The summed E-state index contributed by atoms with van der Waals surface area (Å²) in [7, 11) is 1.52. The lowest BCUT2D eigenvalue weighted by molar-refractivity contribution is 0.679. The normalized spacial score (nSPS) is 10.1. The zero-order valence-electron chi connectivity index (χ0n) is 6.76. The topological polar surface area (TPSA) is 54.9 Å². The summed E-state index contributed by atoms with van der Waals surface area (Å²) in [6.07, 6.45) is 0. The van der Waals surface area contributed by atoms with Crippen LogP contribution in [0.15, 0.2) is 9.59 Å². The highest BCUT2D eigenvalue weighted by Gasteiger charge is 2.02. The van der Waals surface area contributed by atoms with Crippen LogP contribution in [0.3, 0.4) is 0 Å². The van der Waals surface area contributed by atoms with E-state index in [0.29, 0.717) is 11.1 Å². The number of aryl methyl sites for hydroxylation is 1. The number of nitrogens with zero attached hydrogens (tertiary/aromatic N) is 1. The molecule has 11 heavy (non-hydrogen) atoms. The summed E-state index contributed by atoms with van der Waals surface area (Å²) < 4.78 is 1.19. The van der Waals surface area contributed by atoms with Crippen LogP contribution in [0.4, 0.5) is 0 Å². The lowest BCUT2D eigenvalue weighted by atomic mass is 10.2. The van der Waals surface area contributed by atoms with Gasteiger partial charge < -0.3 is 0 Å². The second-order valence-electron chi connectivity index (χ2n) is 2.56. The number of rotatable bonds is 0. The lowest BCUT2D eigenvalue weighted by Gasteiger charge is -2.00. The van der Waals surface area contributed by atoms with Crippen LogP contribution in [0.1, 0.15) is 11.1 Å². The second-order valence-corrected chi connectivity index (χ2v) is 2.56. The molecule has 1 heterocycles. The molecule has 0 aromatic carbocycles. The van der Waals surface area contributed by atoms with E-state index < -0.39 is 0 Å². The van der Waals surface area contributed by atoms with Gasteiger partial charge in [0.15, 0.2) is 0 Å². The van der Waals surface area contributed by atoms with Crippen LogP contribution >= 0.6 is 0 Å². The van der Waals surface area contributed by atoms with Crippen molar-refractivity contribution in [3.8, 4) is 0 Å². The fourth-order valence-electron chi connectivity index (χ4n) is 0.869. The first-order valence-corrected chi connectivity index (χ1v) is 3.30. The summed E-state index contributed by atoms with van der Waals surface area (Å²) >= 11 is 0. The minimum atomic E-state index is -0.204. The van der Waals surface area contributed by atoms with Gasteiger partial charge in [-0.1, -0.05) is 0 Å². The van der Waals surface area contributed by atoms with Crippen LogP contribution in [-0.4, -0.2) is 9.78 Å². The summed E-state index contributed by atoms with van der Waals surface area (Å²) in [5.74, 6) is 0. The molecule has 1 rings (SSSR count). The molecular formula is C7H10N2O2. The average Bonchev–Trinajstić information content (AvgIpc) is 1.97. The first-order valence-electron chi connectivity index (χ1n) is 3.30. The molecule has 0 unspecified atom stereocenters. The zero-order chi connectivity index (χ0) is 8.59. The number of aromatic amines is 1. The first-order chi connectivity index (χ1) is 5.04. The van der Waals surface area contributed by atoms with E-state index in [0.717, 1.165) is 0 Å². The molecule has 0 amide bonds. The van der Waals surface area contributed by atoms with E-state index in [1.165, 1.54) is 11.7 Å². The Morgan fingerprint density at radius 3 is 2.27 bits per heavy atom. The van der Waals surface area contributed by atoms with Gasteiger partial charge in [0.1, 0.15) is 0 Å². The fraction of sp³-hybridized carbons (Fsp3) is 0.429. The Labute approximate surface area is 63.5 Å². The molecule has 0 saturated carbocycles. The Morgan fingerprint density at radius 2 is 1.73 bits per heavy atom. The highest BCUT2D eigenvalue weighted by Crippen LogP contribution is 1.88. The third-order valence-electron chi connectivity index (χ3n) is 1.80. The molecule has 0 fully saturated rings. The van der Waals surface area contributed by atoms with E-state index in [9.17, 15) is 9.59 Å². The van der Waals surface area contributed by atoms with Gasteiger partial charge in [0, 0.05) is 18.2 Å². The van der Waals surface area contributed by atoms with E-state index >= 15 is 0 Å². The maximum atomic E-state index is 11.1. The molecule has 0 atom stereocenters. The van der Waals surface area contributed by atoms with E-state index in [4.69, 9.17) is 0 Å². The van der Waals surface area contributed by atoms with Crippen LogP contribution in [0.25, 0.3) is 0 Å². The zero-order valence-corrected chi connectivity index (χ0v) is 6.76. The van der Waals surface area contributed by atoms with Gasteiger partial charge in [-0.2, -0.15) is 0 Å². The van der Waals surface area contributed by atoms with Crippen molar-refractivity contribution in [2.45, 2.75) is 13.8 Å². The van der Waals surface area contributed by atoms with Crippen LogP contribution < -0.4 is 11.1 Å². The standard InChI is InChI=1S/C7H10N2O2/c1-4-5(2)7(11)9(3)8-6(4)10/h1-3H3,(H,8,10). The third-order valence-corrected chi connectivity index (χ3v) is 1.80. The number of aromatic nitrogens is 2. The Hall–Kier alpha value is -1.32. The molecule has 0 aliphatic rings. The van der Waals surface area contributed by atoms with Gasteiger partial charge in [-0.05, 0) is 13.8 Å². The number of nitrogens with one attached hydrogen (secondary N) is 1. The van der Waals surface area contributed by atoms with Crippen LogP contribution in [0, 0.1) is 13.8 Å². The Bertz CT molecular complexity index is 386. The maximum absolute atomic E-state index is 11.1. The van der Waals surface area contributed by atoms with Gasteiger partial charge >= 0.3 is 0 Å². The van der Waals surface area contributed by atoms with Gasteiger partial charge in [0.25, 0.3) is 11.1 Å². The molecule has 4 nitrogen and oxygen atoms in total. The van der Waals surface area contributed by atoms with Crippen molar-refractivity contribution in [1.29, 1.82) is 0 Å². The van der Waals surface area contributed by atoms with Gasteiger partial charge in [-0.25, -0.2) is 0 Å². The molecule has 60 valence electrons. The summed E-state index contributed by atoms with van der Waals surface area (Å²) in [6.45, 7) is 3.28. The predicted octanol–water partition coefficient (Wildman–Crippen LogP) is -0.310. The Kier molecular flexibility index (Phi) is 1.68. The average molecular weight is 154 g/mol. The van der Waals surface area contributed by atoms with Crippen LogP contribution in [0.2, 0.25) is 0 Å². The fourth-order valence-corrected chi connectivity index (χ4v) is 0.869. The largest absolute Gasteiger partial charge is 0.268 e. The molecule has 4 heteroatoms. The highest BCUT2D eigenvalue weighted by molar-refractivity contribution is 5.16. The molecule has 0 bridgehead atoms. The monoisotopic (exact) mass is 154 g/mol. The van der Waals surface area contributed by atoms with E-state index in [-0.39, 0.29) is 11.1 Å². The maximum Gasteiger partial charge on any atom is 0.268 e. The number of H-pyrrole nitrogens is 1. The molecule has 1 aromatic heterocycles. The van der Waals surface area contributed by atoms with Crippen molar-refractivity contribution in [2.24, 2.45) is 7.05 Å². The van der Waals surface area contributed by atoms with Crippen molar-refractivity contribution >= 4 is 0 Å². The van der Waals surface area contributed by atoms with Gasteiger partial charge in [0.05, 0.1) is 0 Å².